The lowest BCUT2D eigenvalue weighted by molar-refractivity contribution is -0.155. The number of hydrogen-bond donors (Lipinski definition) is 0. The molecule has 0 atom stereocenters. The number of rotatable bonds is 1. The fourth-order valence-electron chi connectivity index (χ4n) is 0.0677. The minimum atomic E-state index is -3.36. The maximum Gasteiger partial charge on any atom is 0.386 e. The fraction of sp³-hybridized carbons (Fsp3) is 0.667. The summed E-state index contributed by atoms with van der Waals surface area (Å²) in [5.41, 5.74) is 0. The lowest BCUT2D eigenvalue weighted by Gasteiger charge is -2.02. The number of alkyl halides is 2. The van der Waals surface area contributed by atoms with E-state index in [1.807, 2.05) is 0 Å². The Bertz CT molecular complexity index is 97.9. The molecule has 0 aliphatic carbocycles. The molecule has 0 unspecified atom stereocenters. The number of carbonyl (C=O) groups excluding carboxylic acids is 1. The highest BCUT2D eigenvalue weighted by atomic mass is 127. The second-order valence-corrected chi connectivity index (χ2v) is 1.69. The average Bonchev–Trinajstić information content (AvgIpc) is 1.62. The highest BCUT2D eigenvalue weighted by Crippen LogP contribution is 2.14. The van der Waals surface area contributed by atoms with Crippen molar-refractivity contribution < 1.29 is 16.6 Å². The molecule has 0 N–H and O–H groups in total. The molecule has 0 rings (SSSR count). The maximum absolute atomic E-state index is 11.6. The largest absolute Gasteiger partial charge is 0.390 e. The van der Waals surface area contributed by atoms with Crippen molar-refractivity contribution in [3.63, 3.8) is 0 Å². The summed E-state index contributed by atoms with van der Waals surface area (Å²) >= 11 is 1.11. The Hall–Kier alpha value is 0.0600. The van der Waals surface area contributed by atoms with Gasteiger partial charge in [0.2, 0.25) is 0 Å². The van der Waals surface area contributed by atoms with Gasteiger partial charge in [0.15, 0.2) is 23.0 Å². The molecule has 2 nitrogen and oxygen atoms in total. The standard InChI is InChI=1S/C3H3F2IO2/c1-3(4,5)2(7)8-6/h1H3. The van der Waals surface area contributed by atoms with Crippen LogP contribution in [0.5, 0.6) is 0 Å². The van der Waals surface area contributed by atoms with Crippen LogP contribution in [0.25, 0.3) is 0 Å². The Labute approximate surface area is 58.9 Å². The fourth-order valence-corrected chi connectivity index (χ4v) is 0.454. The van der Waals surface area contributed by atoms with E-state index in [1.165, 1.54) is 0 Å². The van der Waals surface area contributed by atoms with Gasteiger partial charge in [-0.05, 0) is 0 Å². The zero-order valence-electron chi connectivity index (χ0n) is 3.95. The number of hydrogen-bond acceptors (Lipinski definition) is 2. The molecule has 0 aromatic heterocycles. The van der Waals surface area contributed by atoms with Crippen LogP contribution in [-0.2, 0) is 7.86 Å². The van der Waals surface area contributed by atoms with Crippen LogP contribution >= 0.6 is 23.0 Å². The van der Waals surface area contributed by atoms with E-state index in [2.05, 4.69) is 3.07 Å². The van der Waals surface area contributed by atoms with E-state index in [9.17, 15) is 13.6 Å². The first-order valence-corrected chi connectivity index (χ1v) is 2.57. The first-order valence-electron chi connectivity index (χ1n) is 1.69. The Morgan fingerprint density at radius 2 is 2.12 bits per heavy atom. The third-order valence-electron chi connectivity index (χ3n) is 0.429. The van der Waals surface area contributed by atoms with Gasteiger partial charge in [0, 0.05) is 6.92 Å². The highest BCUT2D eigenvalue weighted by molar-refractivity contribution is 14.1. The minimum absolute atomic E-state index is 0.480. The van der Waals surface area contributed by atoms with Crippen LogP contribution in [0.1, 0.15) is 6.92 Å². The van der Waals surface area contributed by atoms with Crippen LogP contribution in [-0.4, -0.2) is 11.9 Å². The molecule has 48 valence electrons. The third kappa shape index (κ3) is 2.39. The lowest BCUT2D eigenvalue weighted by atomic mass is 10.4. The predicted molar refractivity (Wildman–Crippen MR) is 30.7 cm³/mol. The van der Waals surface area contributed by atoms with E-state index in [-0.39, 0.29) is 0 Å². The van der Waals surface area contributed by atoms with Gasteiger partial charge in [-0.15, -0.1) is 0 Å². The smallest absolute Gasteiger partial charge is 0.386 e. The Kier molecular flexibility index (Phi) is 2.58. The van der Waals surface area contributed by atoms with Crippen molar-refractivity contribution in [2.75, 3.05) is 0 Å². The normalized spacial score (nSPS) is 11.0. The van der Waals surface area contributed by atoms with Crippen LogP contribution in [0.3, 0.4) is 0 Å². The summed E-state index contributed by atoms with van der Waals surface area (Å²) in [6, 6.07) is 0. The summed E-state index contributed by atoms with van der Waals surface area (Å²) in [6.07, 6.45) is 0. The van der Waals surface area contributed by atoms with Crippen molar-refractivity contribution >= 4 is 29.0 Å². The summed E-state index contributed by atoms with van der Waals surface area (Å²) < 4.78 is 27.0. The van der Waals surface area contributed by atoms with Crippen molar-refractivity contribution in [3.05, 3.63) is 0 Å². The topological polar surface area (TPSA) is 26.3 Å². The second kappa shape index (κ2) is 2.56. The molecule has 0 fully saturated rings. The van der Waals surface area contributed by atoms with E-state index < -0.39 is 11.9 Å². The van der Waals surface area contributed by atoms with Gasteiger partial charge in [-0.25, -0.2) is 4.79 Å². The molecule has 0 saturated heterocycles. The average molecular weight is 236 g/mol. The molecule has 0 saturated carbocycles. The van der Waals surface area contributed by atoms with Gasteiger partial charge >= 0.3 is 11.9 Å². The minimum Gasteiger partial charge on any atom is -0.390 e. The second-order valence-electron chi connectivity index (χ2n) is 1.25. The quantitative estimate of drug-likeness (QED) is 0.645. The van der Waals surface area contributed by atoms with Gasteiger partial charge < -0.3 is 3.07 Å². The van der Waals surface area contributed by atoms with Gasteiger partial charge in [0.25, 0.3) is 0 Å². The molecule has 0 bridgehead atoms. The van der Waals surface area contributed by atoms with E-state index in [1.54, 1.807) is 0 Å². The molecular formula is C3H3F2IO2. The van der Waals surface area contributed by atoms with Crippen molar-refractivity contribution in [2.24, 2.45) is 0 Å². The van der Waals surface area contributed by atoms with Crippen molar-refractivity contribution in [3.8, 4) is 0 Å². The summed E-state index contributed by atoms with van der Waals surface area (Å²) in [4.78, 5) is 9.85. The summed E-state index contributed by atoms with van der Waals surface area (Å²) in [5.74, 6) is -4.88. The zero-order chi connectivity index (χ0) is 6.78. The van der Waals surface area contributed by atoms with Gasteiger partial charge in [0.05, 0.1) is 0 Å². The Morgan fingerprint density at radius 1 is 1.75 bits per heavy atom. The first-order chi connectivity index (χ1) is 3.48. The third-order valence-corrected chi connectivity index (χ3v) is 0.828. The first kappa shape index (κ1) is 8.06. The van der Waals surface area contributed by atoms with Crippen molar-refractivity contribution in [1.29, 1.82) is 0 Å². The Morgan fingerprint density at radius 3 is 2.12 bits per heavy atom. The molecule has 0 aliphatic heterocycles. The predicted octanol–water partition coefficient (Wildman–Crippen LogP) is 1.53. The monoisotopic (exact) mass is 236 g/mol. The summed E-state index contributed by atoms with van der Waals surface area (Å²) in [7, 11) is 0. The molecule has 0 aliphatic rings. The van der Waals surface area contributed by atoms with Crippen molar-refractivity contribution in [2.45, 2.75) is 12.8 Å². The molecule has 0 radical (unpaired) electrons. The van der Waals surface area contributed by atoms with E-state index >= 15 is 0 Å². The lowest BCUT2D eigenvalue weighted by Crippen LogP contribution is -2.23. The van der Waals surface area contributed by atoms with Crippen LogP contribution in [0.4, 0.5) is 8.78 Å². The van der Waals surface area contributed by atoms with E-state index in [0.29, 0.717) is 6.92 Å². The van der Waals surface area contributed by atoms with Crippen LogP contribution in [0.2, 0.25) is 0 Å². The molecule has 8 heavy (non-hydrogen) atoms. The molecule has 0 spiro atoms. The van der Waals surface area contributed by atoms with Crippen LogP contribution in [0, 0.1) is 0 Å². The Balaban J connectivity index is 3.82. The van der Waals surface area contributed by atoms with E-state index in [4.69, 9.17) is 0 Å². The number of carbonyl (C=O) groups is 1. The van der Waals surface area contributed by atoms with Gasteiger partial charge in [-0.3, -0.25) is 0 Å². The maximum atomic E-state index is 11.6. The molecule has 5 heteroatoms. The number of halogens is 3. The van der Waals surface area contributed by atoms with E-state index in [0.717, 1.165) is 23.0 Å². The summed E-state index contributed by atoms with van der Waals surface area (Å²) in [5, 5.41) is 0. The van der Waals surface area contributed by atoms with Gasteiger partial charge in [-0.1, -0.05) is 0 Å². The van der Waals surface area contributed by atoms with Crippen LogP contribution < -0.4 is 0 Å². The molecule has 0 amide bonds. The SMILES string of the molecule is CC(F)(F)C(=O)OI. The van der Waals surface area contributed by atoms with Crippen molar-refractivity contribution in [1.82, 2.24) is 0 Å². The van der Waals surface area contributed by atoms with Gasteiger partial charge in [0.1, 0.15) is 0 Å². The highest BCUT2D eigenvalue weighted by Gasteiger charge is 2.33. The summed E-state index contributed by atoms with van der Waals surface area (Å²) in [6.45, 7) is 0.480. The molecule has 0 heterocycles. The van der Waals surface area contributed by atoms with Crippen LogP contribution in [0.15, 0.2) is 0 Å². The zero-order valence-corrected chi connectivity index (χ0v) is 6.11. The van der Waals surface area contributed by atoms with Gasteiger partial charge in [-0.2, -0.15) is 8.78 Å². The molecule has 0 aromatic carbocycles. The molecular weight excluding hydrogens is 233 g/mol. The molecule has 0 aromatic rings.